The Balaban J connectivity index is 1.55. The first-order valence-electron chi connectivity index (χ1n) is 11.3. The average molecular weight is 716 g/mol. The van der Waals surface area contributed by atoms with Crippen molar-refractivity contribution < 1.29 is 26.1 Å². The van der Waals surface area contributed by atoms with Gasteiger partial charge in [0.25, 0.3) is 0 Å². The number of thioether (sulfide) groups is 1. The molecule has 5 atom stereocenters. The first-order chi connectivity index (χ1) is 15.9. The topological polar surface area (TPSA) is 119 Å². The maximum atomic E-state index is 12.2. The van der Waals surface area contributed by atoms with Gasteiger partial charge in [-0.25, -0.2) is 4.79 Å². The number of nitrogens with one attached hydrogen (secondary N) is 4. The molecule has 0 aromatic rings. The van der Waals surface area contributed by atoms with Crippen molar-refractivity contribution in [2.45, 2.75) is 62.5 Å². The fourth-order valence-corrected chi connectivity index (χ4v) is 7.88. The third-order valence-electron chi connectivity index (χ3n) is 5.52. The molecule has 0 spiro atoms. The van der Waals surface area contributed by atoms with E-state index >= 15 is 0 Å². The van der Waals surface area contributed by atoms with Crippen molar-refractivity contribution in [3.05, 3.63) is 0 Å². The zero-order chi connectivity index (χ0) is 24.1. The zero-order valence-electron chi connectivity index (χ0n) is 19.4. The Morgan fingerprint density at radius 3 is 2.85 bits per heavy atom. The summed E-state index contributed by atoms with van der Waals surface area (Å²) in [6.45, 7) is 2.14. The number of carbonyl (C=O) groups excluding carboxylic acids is 2. The zero-order valence-corrected chi connectivity index (χ0v) is 26.4. The van der Waals surface area contributed by atoms with Crippen LogP contribution in [0.15, 0.2) is 0 Å². The molecule has 0 aliphatic carbocycles. The van der Waals surface area contributed by atoms with Crippen LogP contribution in [0.2, 0.25) is 0 Å². The monoisotopic (exact) mass is 716 g/mol. The molecule has 2 aliphatic rings. The summed E-state index contributed by atoms with van der Waals surface area (Å²) in [5.41, 5.74) is 0. The van der Waals surface area contributed by atoms with Crippen molar-refractivity contribution >= 4 is 68.4 Å². The van der Waals surface area contributed by atoms with Gasteiger partial charge < -0.3 is 5.32 Å². The van der Waals surface area contributed by atoms with Crippen LogP contribution in [-0.2, 0) is 33.1 Å². The molecule has 188 valence electrons. The molecule has 14 heteroatoms. The molecular formula is C19H36N4O6PS2Tl. The Morgan fingerprint density at radius 1 is 1.33 bits per heavy atom. The number of fused-ring (bicyclic) bond motifs is 1. The van der Waals surface area contributed by atoms with Crippen LogP contribution in [0.25, 0.3) is 0 Å². The molecule has 2 rings (SSSR count). The molecule has 4 N–H and O–H groups in total. The molecule has 33 heavy (non-hydrogen) atoms. The van der Waals surface area contributed by atoms with Gasteiger partial charge in [-0.2, -0.15) is 0 Å². The van der Waals surface area contributed by atoms with Gasteiger partial charge in [-0.15, -0.1) is 0 Å². The van der Waals surface area contributed by atoms with E-state index in [4.69, 9.17) is 28.3 Å². The van der Waals surface area contributed by atoms with E-state index < -0.39 is 6.64 Å². The molecule has 2 aliphatic heterocycles. The summed E-state index contributed by atoms with van der Waals surface area (Å²) in [6, 6.07) is 0.344. The average Bonchev–Trinajstić information content (AvgIpc) is 3.35. The van der Waals surface area contributed by atoms with Crippen molar-refractivity contribution in [3.63, 3.8) is 0 Å². The molecule has 0 aromatic heterocycles. The standard InChI is InChI=1S/C19H36N4O6PS2.Tl/c1-3-28-11-12-29-30(31,27-2)21-10-8-14(24)7-9-20-17(25)6-4-5-16-18-15(13-32-16)22-19(26)23-18;/h14-16,18H,3-13H2,1-2H3,(H,20,25)(H,21,31)(H2,22,23,26);/q-1;+1. The molecule has 10 nitrogen and oxygen atoms in total. The Bertz CT molecular complexity index is 668. The third kappa shape index (κ3) is 10.9. The van der Waals surface area contributed by atoms with E-state index in [1.54, 1.807) is 7.11 Å². The van der Waals surface area contributed by atoms with E-state index in [9.17, 15) is 9.59 Å². The second kappa shape index (κ2) is 16.3. The maximum absolute atomic E-state index is 12.2. The normalized spacial score (nSPS) is 24.5. The number of ether oxygens (including phenoxy) is 1. The van der Waals surface area contributed by atoms with Crippen molar-refractivity contribution in [1.82, 2.24) is 21.0 Å². The first kappa shape index (κ1) is 29.7. The van der Waals surface area contributed by atoms with Crippen LogP contribution >= 0.6 is 18.4 Å². The minimum atomic E-state index is -2.52. The van der Waals surface area contributed by atoms with Gasteiger partial charge >= 0.3 is 214 Å². The van der Waals surface area contributed by atoms with Gasteiger partial charge in [0.2, 0.25) is 0 Å². The fraction of sp³-hybridized carbons (Fsp3) is 0.895. The molecule has 0 aromatic carbocycles. The summed E-state index contributed by atoms with van der Waals surface area (Å²) in [5.74, 6) is 1.00. The molecule has 0 radical (unpaired) electrons. The first-order valence-corrected chi connectivity index (χ1v) is 16.9. The van der Waals surface area contributed by atoms with Crippen LogP contribution in [0, 0.1) is 0 Å². The van der Waals surface area contributed by atoms with E-state index in [1.807, 2.05) is 18.7 Å². The van der Waals surface area contributed by atoms with Crippen LogP contribution in [-0.4, -0.2) is 107 Å². The Morgan fingerprint density at radius 2 is 2.12 bits per heavy atom. The Hall–Kier alpha value is 0.462. The predicted octanol–water partition coefficient (Wildman–Crippen LogP) is 1.20. The van der Waals surface area contributed by atoms with E-state index in [0.29, 0.717) is 70.8 Å². The summed E-state index contributed by atoms with van der Waals surface area (Å²) >= 11 is 7.75. The molecule has 2 fully saturated rings. The van der Waals surface area contributed by atoms with Crippen molar-refractivity contribution in [2.24, 2.45) is 0 Å². The molecule has 2 saturated heterocycles. The van der Waals surface area contributed by atoms with Crippen molar-refractivity contribution in [3.8, 4) is 0 Å². The van der Waals surface area contributed by atoms with Gasteiger partial charge in [-0.1, -0.05) is 0 Å². The number of urea groups is 1. The van der Waals surface area contributed by atoms with Gasteiger partial charge in [0.05, 0.1) is 0 Å². The van der Waals surface area contributed by atoms with Crippen LogP contribution < -0.4 is 21.0 Å². The molecule has 5 unspecified atom stereocenters. The SMILES string of the molecule is CCOCCOP(=S)(NCCC(CCNC(=O)CCCC1SCC2NC(=O)NC21)[O][Tl])OC. The predicted molar refractivity (Wildman–Crippen MR) is 134 cm³/mol. The van der Waals surface area contributed by atoms with E-state index in [0.717, 1.165) is 31.4 Å². The Kier molecular flexibility index (Phi) is 14.6. The Labute approximate surface area is 222 Å². The van der Waals surface area contributed by atoms with Crippen LogP contribution in [0.1, 0.15) is 39.0 Å². The van der Waals surface area contributed by atoms with Gasteiger partial charge in [-0.3, -0.25) is 0 Å². The number of amides is 3. The molecule has 3 amide bonds. The summed E-state index contributed by atoms with van der Waals surface area (Å²) in [6.07, 6.45) is 3.84. The van der Waals surface area contributed by atoms with Gasteiger partial charge in [0.1, 0.15) is 0 Å². The fourth-order valence-electron chi connectivity index (χ4n) is 3.73. The number of rotatable bonds is 18. The van der Waals surface area contributed by atoms with Crippen LogP contribution in [0.3, 0.4) is 0 Å². The van der Waals surface area contributed by atoms with E-state index in [1.165, 1.54) is 0 Å². The van der Waals surface area contributed by atoms with Crippen molar-refractivity contribution in [1.29, 1.82) is 0 Å². The summed E-state index contributed by atoms with van der Waals surface area (Å²) in [7, 11) is 1.55. The summed E-state index contributed by atoms with van der Waals surface area (Å²) in [5, 5.41) is 12.5. The summed E-state index contributed by atoms with van der Waals surface area (Å²) in [4.78, 5) is 23.7. The molecule has 2 heterocycles. The van der Waals surface area contributed by atoms with Crippen LogP contribution in [0.5, 0.6) is 0 Å². The minimum absolute atomic E-state index is 0.0633. The number of hydrogen-bond acceptors (Lipinski definition) is 8. The molecule has 0 saturated carbocycles. The molecule has 0 bridgehead atoms. The van der Waals surface area contributed by atoms with Gasteiger partial charge in [0.15, 0.2) is 0 Å². The second-order valence-corrected chi connectivity index (χ2v) is 13.5. The molecular weight excluding hydrogens is 680 g/mol. The quantitative estimate of drug-likeness (QED) is 0.0719. The number of carbonyl (C=O) groups is 2. The second-order valence-electron chi connectivity index (χ2n) is 7.82. The van der Waals surface area contributed by atoms with Gasteiger partial charge in [-0.05, 0) is 0 Å². The third-order valence-corrected chi connectivity index (χ3v) is 11.3. The van der Waals surface area contributed by atoms with E-state index in [-0.39, 0.29) is 30.1 Å². The van der Waals surface area contributed by atoms with Crippen LogP contribution in [0.4, 0.5) is 4.79 Å². The van der Waals surface area contributed by atoms with Crippen molar-refractivity contribution in [2.75, 3.05) is 45.8 Å². The van der Waals surface area contributed by atoms with Gasteiger partial charge in [0, 0.05) is 0 Å². The number of hydrogen-bond donors (Lipinski definition) is 4. The summed E-state index contributed by atoms with van der Waals surface area (Å²) < 4.78 is 22.0. The van der Waals surface area contributed by atoms with E-state index in [2.05, 4.69) is 21.0 Å².